The van der Waals surface area contributed by atoms with E-state index < -0.39 is 0 Å². The number of rotatable bonds is 2. The van der Waals surface area contributed by atoms with E-state index in [1.807, 2.05) is 71.1 Å². The maximum atomic E-state index is 12.7. The van der Waals surface area contributed by atoms with Gasteiger partial charge in [0.15, 0.2) is 5.65 Å². The van der Waals surface area contributed by atoms with Gasteiger partial charge in [-0.05, 0) is 54.3 Å². The Bertz CT molecular complexity index is 1610. The number of carbonyl (C=O) groups excluding carboxylic acids is 1. The number of fused-ring (bicyclic) bond motifs is 2. The van der Waals surface area contributed by atoms with E-state index in [0.717, 1.165) is 33.6 Å². The van der Waals surface area contributed by atoms with E-state index in [0.29, 0.717) is 37.6 Å². The molecule has 1 amide bonds. The van der Waals surface area contributed by atoms with Gasteiger partial charge in [0.25, 0.3) is 5.91 Å². The summed E-state index contributed by atoms with van der Waals surface area (Å²) in [5.41, 5.74) is 5.53. The molecule has 1 saturated heterocycles. The quantitative estimate of drug-likeness (QED) is 0.377. The maximum Gasteiger partial charge on any atom is 0.254 e. The van der Waals surface area contributed by atoms with Crippen LogP contribution < -0.4 is 0 Å². The molecule has 0 bridgehead atoms. The molecule has 5 aromatic rings. The summed E-state index contributed by atoms with van der Waals surface area (Å²) in [6, 6.07) is 17.4. The second-order valence-electron chi connectivity index (χ2n) is 8.37. The van der Waals surface area contributed by atoms with E-state index in [-0.39, 0.29) is 5.91 Å². The van der Waals surface area contributed by atoms with E-state index in [4.69, 9.17) is 9.84 Å². The number of morpholine rings is 1. The summed E-state index contributed by atoms with van der Waals surface area (Å²) in [5, 5.41) is 5.82. The molecule has 0 aliphatic carbocycles. The van der Waals surface area contributed by atoms with Gasteiger partial charge in [-0.15, -0.1) is 0 Å². The van der Waals surface area contributed by atoms with Crippen LogP contribution in [0.4, 0.5) is 0 Å². The highest BCUT2D eigenvalue weighted by Gasteiger charge is 2.18. The van der Waals surface area contributed by atoms with Gasteiger partial charge in [-0.25, -0.2) is 14.5 Å². The van der Waals surface area contributed by atoms with Crippen LogP contribution in [-0.2, 0) is 11.8 Å². The van der Waals surface area contributed by atoms with Gasteiger partial charge in [0.05, 0.1) is 30.8 Å². The molecule has 5 heterocycles. The van der Waals surface area contributed by atoms with Gasteiger partial charge >= 0.3 is 0 Å². The summed E-state index contributed by atoms with van der Waals surface area (Å²) in [4.78, 5) is 23.4. The SMILES string of the molecule is Cn1c(C#Cc2cnc3ccc(-c4ccc(C(=O)N5CCOCC5)cc4)nn23)cc2cccnc21. The Morgan fingerprint density at radius 1 is 0.971 bits per heavy atom. The third kappa shape index (κ3) is 3.92. The zero-order valence-corrected chi connectivity index (χ0v) is 19.2. The zero-order chi connectivity index (χ0) is 23.8. The number of pyridine rings is 1. The van der Waals surface area contributed by atoms with Gasteiger partial charge in [0.2, 0.25) is 0 Å². The van der Waals surface area contributed by atoms with Gasteiger partial charge in [0.1, 0.15) is 11.3 Å². The smallest absolute Gasteiger partial charge is 0.254 e. The molecule has 0 saturated carbocycles. The summed E-state index contributed by atoms with van der Waals surface area (Å²) in [6.07, 6.45) is 3.50. The molecule has 8 nitrogen and oxygen atoms in total. The molecule has 6 rings (SSSR count). The minimum atomic E-state index is 0.0268. The lowest BCUT2D eigenvalue weighted by Crippen LogP contribution is -2.40. The predicted octanol–water partition coefficient (Wildman–Crippen LogP) is 3.16. The molecule has 1 aliphatic heterocycles. The largest absolute Gasteiger partial charge is 0.378 e. The van der Waals surface area contributed by atoms with Crippen molar-refractivity contribution in [3.63, 3.8) is 0 Å². The summed E-state index contributed by atoms with van der Waals surface area (Å²) < 4.78 is 9.06. The van der Waals surface area contributed by atoms with Crippen LogP contribution in [-0.4, -0.2) is 61.3 Å². The second kappa shape index (κ2) is 8.70. The number of aryl methyl sites for hydroxylation is 1. The normalized spacial score (nSPS) is 13.7. The number of aromatic nitrogens is 5. The Kier molecular flexibility index (Phi) is 5.24. The number of ether oxygens (including phenoxy) is 1. The molecule has 0 N–H and O–H groups in total. The van der Waals surface area contributed by atoms with Gasteiger partial charge in [-0.2, -0.15) is 5.10 Å². The minimum absolute atomic E-state index is 0.0268. The van der Waals surface area contributed by atoms with Crippen molar-refractivity contribution in [3.05, 3.63) is 83.9 Å². The van der Waals surface area contributed by atoms with E-state index in [1.54, 1.807) is 16.9 Å². The van der Waals surface area contributed by atoms with Crippen LogP contribution in [0.1, 0.15) is 21.7 Å². The van der Waals surface area contributed by atoms with Crippen LogP contribution >= 0.6 is 0 Å². The average molecular weight is 463 g/mol. The Morgan fingerprint density at radius 2 is 1.77 bits per heavy atom. The summed E-state index contributed by atoms with van der Waals surface area (Å²) >= 11 is 0. The number of imidazole rings is 1. The molecule has 172 valence electrons. The maximum absolute atomic E-state index is 12.7. The Hall–Kier alpha value is -4.48. The topological polar surface area (TPSA) is 77.5 Å². The molecular formula is C27H22N6O2. The molecule has 35 heavy (non-hydrogen) atoms. The van der Waals surface area contributed by atoms with Gasteiger partial charge in [-0.3, -0.25) is 4.79 Å². The first-order valence-corrected chi connectivity index (χ1v) is 11.4. The summed E-state index contributed by atoms with van der Waals surface area (Å²) in [5.74, 6) is 6.46. The first-order valence-electron chi connectivity index (χ1n) is 11.4. The predicted molar refractivity (Wildman–Crippen MR) is 132 cm³/mol. The second-order valence-corrected chi connectivity index (χ2v) is 8.37. The van der Waals surface area contributed by atoms with Crippen molar-refractivity contribution in [1.82, 2.24) is 29.0 Å². The summed E-state index contributed by atoms with van der Waals surface area (Å²) in [6.45, 7) is 2.42. The van der Waals surface area contributed by atoms with Gasteiger partial charge in [0, 0.05) is 42.8 Å². The standard InChI is InChI=1S/C27H22N6O2/c1-31-22(17-21-3-2-12-28-26(21)31)8-9-23-18-29-25-11-10-24(30-33(23)25)19-4-6-20(7-5-19)27(34)32-13-15-35-16-14-32/h2-7,10-12,17-18H,13-16H2,1H3. The van der Waals surface area contributed by atoms with Crippen LogP contribution in [0.3, 0.4) is 0 Å². The number of nitrogens with zero attached hydrogens (tertiary/aromatic N) is 6. The van der Waals surface area contributed by atoms with Crippen molar-refractivity contribution in [3.8, 4) is 23.1 Å². The lowest BCUT2D eigenvalue weighted by molar-refractivity contribution is 0.0303. The number of benzene rings is 1. The van der Waals surface area contributed by atoms with Crippen LogP contribution in [0.15, 0.2) is 67.0 Å². The van der Waals surface area contributed by atoms with E-state index in [2.05, 4.69) is 21.8 Å². The first kappa shape index (κ1) is 21.1. The fourth-order valence-electron chi connectivity index (χ4n) is 4.25. The lowest BCUT2D eigenvalue weighted by atomic mass is 10.1. The molecule has 0 atom stereocenters. The van der Waals surface area contributed by atoms with Crippen LogP contribution in [0.2, 0.25) is 0 Å². The molecule has 1 fully saturated rings. The number of carbonyl (C=O) groups is 1. The lowest BCUT2D eigenvalue weighted by Gasteiger charge is -2.26. The van der Waals surface area contributed by atoms with Gasteiger partial charge < -0.3 is 14.2 Å². The fraction of sp³-hybridized carbons (Fsp3) is 0.185. The van der Waals surface area contributed by atoms with Crippen molar-refractivity contribution < 1.29 is 9.53 Å². The number of hydrogen-bond donors (Lipinski definition) is 0. The molecule has 0 spiro atoms. The Labute approximate surface area is 201 Å². The van der Waals surface area contributed by atoms with Crippen LogP contribution in [0, 0.1) is 11.8 Å². The van der Waals surface area contributed by atoms with Crippen LogP contribution in [0.25, 0.3) is 27.9 Å². The monoisotopic (exact) mass is 462 g/mol. The van der Waals surface area contributed by atoms with Crippen LogP contribution in [0.5, 0.6) is 0 Å². The zero-order valence-electron chi connectivity index (χ0n) is 19.2. The van der Waals surface area contributed by atoms with Crippen molar-refractivity contribution >= 4 is 22.6 Å². The van der Waals surface area contributed by atoms with Gasteiger partial charge in [-0.1, -0.05) is 12.1 Å². The third-order valence-electron chi connectivity index (χ3n) is 6.20. The van der Waals surface area contributed by atoms with Crippen molar-refractivity contribution in [2.24, 2.45) is 7.05 Å². The molecule has 8 heteroatoms. The molecule has 1 aliphatic rings. The van der Waals surface area contributed by atoms with Crippen molar-refractivity contribution in [1.29, 1.82) is 0 Å². The Balaban J connectivity index is 1.29. The third-order valence-corrected chi connectivity index (χ3v) is 6.20. The molecule has 0 radical (unpaired) electrons. The van der Waals surface area contributed by atoms with E-state index >= 15 is 0 Å². The minimum Gasteiger partial charge on any atom is -0.378 e. The highest BCUT2D eigenvalue weighted by molar-refractivity contribution is 5.94. The van der Waals surface area contributed by atoms with Crippen molar-refractivity contribution in [2.45, 2.75) is 0 Å². The van der Waals surface area contributed by atoms with Crippen molar-refractivity contribution in [2.75, 3.05) is 26.3 Å². The first-order chi connectivity index (χ1) is 17.2. The molecule has 4 aromatic heterocycles. The number of amides is 1. The molecular weight excluding hydrogens is 440 g/mol. The van der Waals surface area contributed by atoms with E-state index in [9.17, 15) is 4.79 Å². The Morgan fingerprint density at radius 3 is 2.57 bits per heavy atom. The highest BCUT2D eigenvalue weighted by Crippen LogP contribution is 2.20. The molecule has 1 aromatic carbocycles. The summed E-state index contributed by atoms with van der Waals surface area (Å²) in [7, 11) is 1.96. The fourth-order valence-corrected chi connectivity index (χ4v) is 4.25. The highest BCUT2D eigenvalue weighted by atomic mass is 16.5. The average Bonchev–Trinajstić information content (AvgIpc) is 3.47. The number of hydrogen-bond acceptors (Lipinski definition) is 5. The molecule has 0 unspecified atom stereocenters. The van der Waals surface area contributed by atoms with E-state index in [1.165, 1.54) is 0 Å².